The van der Waals surface area contributed by atoms with Gasteiger partial charge < -0.3 is 10.4 Å². The molecule has 2 heterocycles. The SMILES string of the molecule is CNC(=O)c1cc(-n2cc(C(=O)O)cn2)ccn1. The lowest BCUT2D eigenvalue weighted by molar-refractivity contribution is 0.0696. The van der Waals surface area contributed by atoms with Crippen LogP contribution in [0.25, 0.3) is 5.69 Å². The van der Waals surface area contributed by atoms with Crippen molar-refractivity contribution in [2.75, 3.05) is 7.05 Å². The summed E-state index contributed by atoms with van der Waals surface area (Å²) in [6, 6.07) is 3.16. The Bertz CT molecular complexity index is 606. The van der Waals surface area contributed by atoms with E-state index in [1.54, 1.807) is 6.07 Å². The Labute approximate surface area is 102 Å². The van der Waals surface area contributed by atoms with Gasteiger partial charge in [0.05, 0.1) is 17.4 Å². The largest absolute Gasteiger partial charge is 0.478 e. The first-order valence-corrected chi connectivity index (χ1v) is 5.08. The Morgan fingerprint density at radius 3 is 2.83 bits per heavy atom. The Hall–Kier alpha value is -2.70. The monoisotopic (exact) mass is 246 g/mol. The summed E-state index contributed by atoms with van der Waals surface area (Å²) in [5.74, 6) is -1.37. The van der Waals surface area contributed by atoms with Crippen LogP contribution in [0, 0.1) is 0 Å². The predicted molar refractivity (Wildman–Crippen MR) is 61.7 cm³/mol. The predicted octanol–water partition coefficient (Wildman–Crippen LogP) is 0.325. The summed E-state index contributed by atoms with van der Waals surface area (Å²) in [6.45, 7) is 0. The van der Waals surface area contributed by atoms with Crippen LogP contribution in [0.4, 0.5) is 0 Å². The van der Waals surface area contributed by atoms with Gasteiger partial charge in [0.1, 0.15) is 5.69 Å². The second-order valence-electron chi connectivity index (χ2n) is 3.46. The number of aromatic nitrogens is 3. The topological polar surface area (TPSA) is 97.1 Å². The summed E-state index contributed by atoms with van der Waals surface area (Å²) in [6.07, 6.45) is 4.07. The molecule has 0 aromatic carbocycles. The third-order valence-electron chi connectivity index (χ3n) is 2.30. The zero-order valence-corrected chi connectivity index (χ0v) is 9.49. The van der Waals surface area contributed by atoms with Gasteiger partial charge >= 0.3 is 5.97 Å². The third kappa shape index (κ3) is 2.19. The number of hydrogen-bond donors (Lipinski definition) is 2. The maximum absolute atomic E-state index is 11.4. The van der Waals surface area contributed by atoms with E-state index in [4.69, 9.17) is 5.11 Å². The summed E-state index contributed by atoms with van der Waals surface area (Å²) in [5.41, 5.74) is 0.881. The normalized spacial score (nSPS) is 10.1. The molecule has 0 unspecified atom stereocenters. The molecular formula is C11H10N4O3. The molecule has 0 saturated heterocycles. The molecule has 0 spiro atoms. The van der Waals surface area contributed by atoms with Crippen molar-refractivity contribution in [3.05, 3.63) is 42.0 Å². The highest BCUT2D eigenvalue weighted by molar-refractivity contribution is 5.92. The summed E-state index contributed by atoms with van der Waals surface area (Å²) in [4.78, 5) is 26.1. The van der Waals surface area contributed by atoms with Crippen molar-refractivity contribution < 1.29 is 14.7 Å². The minimum atomic E-state index is -1.05. The highest BCUT2D eigenvalue weighted by Crippen LogP contribution is 2.09. The second kappa shape index (κ2) is 4.66. The Kier molecular flexibility index (Phi) is 3.05. The van der Waals surface area contributed by atoms with Gasteiger partial charge in [0.15, 0.2) is 0 Å². The van der Waals surface area contributed by atoms with Gasteiger partial charge in [-0.2, -0.15) is 5.10 Å². The first-order valence-electron chi connectivity index (χ1n) is 5.08. The molecule has 2 aromatic heterocycles. The molecule has 2 rings (SSSR count). The van der Waals surface area contributed by atoms with Crippen LogP contribution in [-0.2, 0) is 0 Å². The first-order chi connectivity index (χ1) is 8.61. The lowest BCUT2D eigenvalue weighted by Gasteiger charge is -2.03. The molecule has 0 aliphatic rings. The van der Waals surface area contributed by atoms with E-state index >= 15 is 0 Å². The van der Waals surface area contributed by atoms with Crippen LogP contribution in [0.5, 0.6) is 0 Å². The van der Waals surface area contributed by atoms with Gasteiger partial charge in [0, 0.05) is 19.4 Å². The van der Waals surface area contributed by atoms with Crippen LogP contribution in [0.3, 0.4) is 0 Å². The number of amides is 1. The van der Waals surface area contributed by atoms with Crippen molar-refractivity contribution in [2.45, 2.75) is 0 Å². The Morgan fingerprint density at radius 1 is 1.44 bits per heavy atom. The molecule has 7 heteroatoms. The van der Waals surface area contributed by atoms with Crippen molar-refractivity contribution in [1.29, 1.82) is 0 Å². The maximum atomic E-state index is 11.4. The van der Waals surface area contributed by atoms with E-state index in [0.717, 1.165) is 0 Å². The zero-order chi connectivity index (χ0) is 13.1. The van der Waals surface area contributed by atoms with Gasteiger partial charge in [0.2, 0.25) is 0 Å². The van der Waals surface area contributed by atoms with E-state index < -0.39 is 5.97 Å². The fraction of sp³-hybridized carbons (Fsp3) is 0.0909. The minimum Gasteiger partial charge on any atom is -0.478 e. The van der Waals surface area contributed by atoms with Crippen LogP contribution in [-0.4, -0.2) is 38.8 Å². The molecule has 2 aromatic rings. The van der Waals surface area contributed by atoms with Crippen molar-refractivity contribution >= 4 is 11.9 Å². The van der Waals surface area contributed by atoms with Gasteiger partial charge in [-0.1, -0.05) is 0 Å². The second-order valence-corrected chi connectivity index (χ2v) is 3.46. The molecule has 0 saturated carbocycles. The number of carbonyl (C=O) groups is 2. The lowest BCUT2D eigenvalue weighted by atomic mass is 10.3. The van der Waals surface area contributed by atoms with Gasteiger partial charge in [-0.3, -0.25) is 9.78 Å². The number of nitrogens with zero attached hydrogens (tertiary/aromatic N) is 3. The van der Waals surface area contributed by atoms with Crippen LogP contribution < -0.4 is 5.32 Å². The highest BCUT2D eigenvalue weighted by atomic mass is 16.4. The quantitative estimate of drug-likeness (QED) is 0.813. The molecule has 0 aliphatic heterocycles. The van der Waals surface area contributed by atoms with Gasteiger partial charge in [-0.25, -0.2) is 9.48 Å². The first kappa shape index (κ1) is 11.8. The number of carboxylic acid groups (broad SMARTS) is 1. The van der Waals surface area contributed by atoms with Gasteiger partial charge in [-0.05, 0) is 12.1 Å². The highest BCUT2D eigenvalue weighted by Gasteiger charge is 2.09. The number of rotatable bonds is 3. The fourth-order valence-electron chi connectivity index (χ4n) is 1.39. The molecule has 0 atom stereocenters. The van der Waals surface area contributed by atoms with Crippen LogP contribution in [0.15, 0.2) is 30.7 Å². The minimum absolute atomic E-state index is 0.0771. The molecule has 7 nitrogen and oxygen atoms in total. The number of carboxylic acids is 1. The summed E-state index contributed by atoms with van der Waals surface area (Å²) in [5, 5.41) is 15.2. The van der Waals surface area contributed by atoms with E-state index in [-0.39, 0.29) is 17.2 Å². The molecule has 0 radical (unpaired) electrons. The molecule has 0 fully saturated rings. The van der Waals surface area contributed by atoms with Crippen molar-refractivity contribution in [1.82, 2.24) is 20.1 Å². The van der Waals surface area contributed by atoms with Gasteiger partial charge in [-0.15, -0.1) is 0 Å². The van der Waals surface area contributed by atoms with Gasteiger partial charge in [0.25, 0.3) is 5.91 Å². The van der Waals surface area contributed by atoms with E-state index in [0.29, 0.717) is 5.69 Å². The van der Waals surface area contributed by atoms with E-state index in [2.05, 4.69) is 15.4 Å². The Balaban J connectivity index is 2.38. The van der Waals surface area contributed by atoms with E-state index in [9.17, 15) is 9.59 Å². The number of pyridine rings is 1. The fourth-order valence-corrected chi connectivity index (χ4v) is 1.39. The third-order valence-corrected chi connectivity index (χ3v) is 2.30. The molecule has 0 aliphatic carbocycles. The number of nitrogens with one attached hydrogen (secondary N) is 1. The van der Waals surface area contributed by atoms with Crippen LogP contribution in [0.2, 0.25) is 0 Å². The number of carbonyl (C=O) groups excluding carboxylic acids is 1. The molecule has 18 heavy (non-hydrogen) atoms. The summed E-state index contributed by atoms with van der Waals surface area (Å²) < 4.78 is 1.37. The molecule has 1 amide bonds. The maximum Gasteiger partial charge on any atom is 0.338 e. The van der Waals surface area contributed by atoms with Crippen molar-refractivity contribution in [3.8, 4) is 5.69 Å². The molecule has 0 bridgehead atoms. The molecule has 92 valence electrons. The average molecular weight is 246 g/mol. The number of aromatic carboxylic acids is 1. The van der Waals surface area contributed by atoms with Crippen LogP contribution in [0.1, 0.15) is 20.8 Å². The van der Waals surface area contributed by atoms with Crippen LogP contribution >= 0.6 is 0 Å². The molecule has 2 N–H and O–H groups in total. The Morgan fingerprint density at radius 2 is 2.22 bits per heavy atom. The van der Waals surface area contributed by atoms with Crippen molar-refractivity contribution in [2.24, 2.45) is 0 Å². The summed E-state index contributed by atoms with van der Waals surface area (Å²) >= 11 is 0. The lowest BCUT2D eigenvalue weighted by Crippen LogP contribution is -2.19. The number of hydrogen-bond acceptors (Lipinski definition) is 4. The smallest absolute Gasteiger partial charge is 0.338 e. The standard InChI is InChI=1S/C11H10N4O3/c1-12-10(16)9-4-8(2-3-13-9)15-6-7(5-14-15)11(17)18/h2-6H,1H3,(H,12,16)(H,17,18). The zero-order valence-electron chi connectivity index (χ0n) is 9.49. The molecular weight excluding hydrogens is 236 g/mol. The van der Waals surface area contributed by atoms with E-state index in [1.807, 2.05) is 0 Å². The average Bonchev–Trinajstić information content (AvgIpc) is 2.88. The van der Waals surface area contributed by atoms with E-state index in [1.165, 1.54) is 36.4 Å². The van der Waals surface area contributed by atoms with Crippen molar-refractivity contribution in [3.63, 3.8) is 0 Å². The summed E-state index contributed by atoms with van der Waals surface area (Å²) in [7, 11) is 1.51.